The number of ether oxygens (including phenoxy) is 1. The maximum Gasteiger partial charge on any atom is 0.128 e. The Morgan fingerprint density at radius 1 is 1.30 bits per heavy atom. The highest BCUT2D eigenvalue weighted by Gasteiger charge is 2.14. The normalized spacial score (nSPS) is 14.1. The standard InChI is InChI=1S/C17H30N2O/c1-7-8-18-14(4)9-12(2)10-16-15(5)17(20-6)13(3)11-19-16/h11-12,14,18H,7-10H2,1-6H3. The molecule has 0 spiro atoms. The van der Waals surface area contributed by atoms with Crippen molar-refractivity contribution >= 4 is 0 Å². The van der Waals surface area contributed by atoms with E-state index in [1.165, 1.54) is 24.1 Å². The summed E-state index contributed by atoms with van der Waals surface area (Å²) < 4.78 is 5.48. The first-order chi connectivity index (χ1) is 9.49. The molecule has 114 valence electrons. The first kappa shape index (κ1) is 17.0. The molecule has 3 nitrogen and oxygen atoms in total. The van der Waals surface area contributed by atoms with E-state index in [0.29, 0.717) is 12.0 Å². The van der Waals surface area contributed by atoms with Crippen LogP contribution in [0.25, 0.3) is 0 Å². The van der Waals surface area contributed by atoms with Crippen LogP contribution in [0.2, 0.25) is 0 Å². The third-order valence-electron chi connectivity index (χ3n) is 3.79. The molecule has 1 rings (SSSR count). The van der Waals surface area contributed by atoms with Crippen LogP contribution in [0.3, 0.4) is 0 Å². The van der Waals surface area contributed by atoms with Crippen molar-refractivity contribution in [3.05, 3.63) is 23.0 Å². The summed E-state index contributed by atoms with van der Waals surface area (Å²) >= 11 is 0. The Bertz CT molecular complexity index is 418. The van der Waals surface area contributed by atoms with Gasteiger partial charge in [-0.2, -0.15) is 0 Å². The van der Waals surface area contributed by atoms with Crippen LogP contribution in [-0.4, -0.2) is 24.7 Å². The quantitative estimate of drug-likeness (QED) is 0.788. The SMILES string of the molecule is CCCNC(C)CC(C)Cc1ncc(C)c(OC)c1C. The summed E-state index contributed by atoms with van der Waals surface area (Å²) in [4.78, 5) is 4.60. The van der Waals surface area contributed by atoms with E-state index in [1.54, 1.807) is 7.11 Å². The van der Waals surface area contributed by atoms with E-state index in [4.69, 9.17) is 4.74 Å². The van der Waals surface area contributed by atoms with Crippen LogP contribution < -0.4 is 10.1 Å². The zero-order chi connectivity index (χ0) is 15.1. The third kappa shape index (κ3) is 4.78. The Balaban J connectivity index is 2.64. The van der Waals surface area contributed by atoms with Crippen LogP contribution in [0.1, 0.15) is 50.4 Å². The lowest BCUT2D eigenvalue weighted by Crippen LogP contribution is -2.29. The number of aryl methyl sites for hydroxylation is 1. The molecular weight excluding hydrogens is 248 g/mol. The van der Waals surface area contributed by atoms with Gasteiger partial charge in [0.2, 0.25) is 0 Å². The number of hydrogen-bond acceptors (Lipinski definition) is 3. The van der Waals surface area contributed by atoms with Crippen molar-refractivity contribution in [2.45, 2.75) is 59.9 Å². The molecule has 0 aliphatic carbocycles. The minimum atomic E-state index is 0.567. The molecule has 0 aliphatic heterocycles. The Morgan fingerprint density at radius 3 is 2.60 bits per heavy atom. The van der Waals surface area contributed by atoms with Crippen molar-refractivity contribution in [3.63, 3.8) is 0 Å². The largest absolute Gasteiger partial charge is 0.496 e. The van der Waals surface area contributed by atoms with E-state index in [2.05, 4.69) is 38.0 Å². The lowest BCUT2D eigenvalue weighted by Gasteiger charge is -2.19. The van der Waals surface area contributed by atoms with Gasteiger partial charge < -0.3 is 10.1 Å². The summed E-state index contributed by atoms with van der Waals surface area (Å²) in [7, 11) is 1.74. The Morgan fingerprint density at radius 2 is 2.00 bits per heavy atom. The van der Waals surface area contributed by atoms with E-state index in [1.807, 2.05) is 13.1 Å². The van der Waals surface area contributed by atoms with Crippen molar-refractivity contribution in [1.82, 2.24) is 10.3 Å². The third-order valence-corrected chi connectivity index (χ3v) is 3.79. The minimum absolute atomic E-state index is 0.567. The van der Waals surface area contributed by atoms with Gasteiger partial charge >= 0.3 is 0 Å². The fraction of sp³-hybridized carbons (Fsp3) is 0.706. The molecule has 3 heteroatoms. The molecule has 0 amide bonds. The van der Waals surface area contributed by atoms with Crippen LogP contribution in [-0.2, 0) is 6.42 Å². The van der Waals surface area contributed by atoms with Crippen LogP contribution in [0, 0.1) is 19.8 Å². The number of hydrogen-bond donors (Lipinski definition) is 1. The van der Waals surface area contributed by atoms with Gasteiger partial charge in [-0.1, -0.05) is 13.8 Å². The Kier molecular flexibility index (Phi) is 7.00. The molecule has 2 unspecified atom stereocenters. The summed E-state index contributed by atoms with van der Waals surface area (Å²) in [6, 6.07) is 0.567. The molecule has 0 saturated heterocycles. The van der Waals surface area contributed by atoms with Crippen LogP contribution in [0.15, 0.2) is 6.20 Å². The summed E-state index contributed by atoms with van der Waals surface area (Å²) in [5.74, 6) is 1.60. The van der Waals surface area contributed by atoms with E-state index in [9.17, 15) is 0 Å². The molecule has 1 N–H and O–H groups in total. The lowest BCUT2D eigenvalue weighted by atomic mass is 9.95. The number of methoxy groups -OCH3 is 1. The summed E-state index contributed by atoms with van der Waals surface area (Å²) in [6.07, 6.45) is 5.30. The highest BCUT2D eigenvalue weighted by Crippen LogP contribution is 2.26. The zero-order valence-electron chi connectivity index (χ0n) is 13.9. The smallest absolute Gasteiger partial charge is 0.128 e. The summed E-state index contributed by atoms with van der Waals surface area (Å²) in [6.45, 7) is 12.0. The van der Waals surface area contributed by atoms with Crippen LogP contribution >= 0.6 is 0 Å². The Labute approximate surface area is 124 Å². The molecular formula is C17H30N2O. The average molecular weight is 278 g/mol. The second kappa shape index (κ2) is 8.25. The van der Waals surface area contributed by atoms with E-state index >= 15 is 0 Å². The van der Waals surface area contributed by atoms with Gasteiger partial charge in [0.1, 0.15) is 5.75 Å². The van der Waals surface area contributed by atoms with Gasteiger partial charge in [-0.3, -0.25) is 4.98 Å². The predicted molar refractivity (Wildman–Crippen MR) is 85.5 cm³/mol. The van der Waals surface area contributed by atoms with Crippen molar-refractivity contribution < 1.29 is 4.74 Å². The molecule has 2 atom stereocenters. The molecule has 0 bridgehead atoms. The molecule has 0 saturated carbocycles. The maximum atomic E-state index is 5.48. The highest BCUT2D eigenvalue weighted by molar-refractivity contribution is 5.41. The van der Waals surface area contributed by atoms with Gasteiger partial charge in [0.15, 0.2) is 0 Å². The average Bonchev–Trinajstić information content (AvgIpc) is 2.40. The number of nitrogens with one attached hydrogen (secondary N) is 1. The van der Waals surface area contributed by atoms with Gasteiger partial charge in [0.25, 0.3) is 0 Å². The van der Waals surface area contributed by atoms with Crippen molar-refractivity contribution in [2.24, 2.45) is 5.92 Å². The molecule has 20 heavy (non-hydrogen) atoms. The maximum absolute atomic E-state index is 5.48. The van der Waals surface area contributed by atoms with Gasteiger partial charge in [0, 0.05) is 29.1 Å². The van der Waals surface area contributed by atoms with Gasteiger partial charge in [-0.15, -0.1) is 0 Å². The number of nitrogens with zero attached hydrogens (tertiary/aromatic N) is 1. The summed E-state index contributed by atoms with van der Waals surface area (Å²) in [5, 5.41) is 3.55. The zero-order valence-corrected chi connectivity index (χ0v) is 13.9. The molecule has 0 aromatic carbocycles. The van der Waals surface area contributed by atoms with Crippen molar-refractivity contribution in [3.8, 4) is 5.75 Å². The van der Waals surface area contributed by atoms with Crippen molar-refractivity contribution in [1.29, 1.82) is 0 Å². The predicted octanol–water partition coefficient (Wildman–Crippen LogP) is 3.66. The number of pyridine rings is 1. The first-order valence-electron chi connectivity index (χ1n) is 7.72. The molecule has 1 aromatic heterocycles. The minimum Gasteiger partial charge on any atom is -0.496 e. The molecule has 0 fully saturated rings. The van der Waals surface area contributed by atoms with Gasteiger partial charge in [-0.05, 0) is 52.5 Å². The van der Waals surface area contributed by atoms with Gasteiger partial charge in [-0.25, -0.2) is 0 Å². The number of rotatable bonds is 8. The van der Waals surface area contributed by atoms with E-state index < -0.39 is 0 Å². The molecule has 0 radical (unpaired) electrons. The second-order valence-corrected chi connectivity index (χ2v) is 5.95. The fourth-order valence-electron chi connectivity index (χ4n) is 2.77. The van der Waals surface area contributed by atoms with Crippen LogP contribution in [0.4, 0.5) is 0 Å². The van der Waals surface area contributed by atoms with Crippen molar-refractivity contribution in [2.75, 3.05) is 13.7 Å². The van der Waals surface area contributed by atoms with Gasteiger partial charge in [0.05, 0.1) is 7.11 Å². The molecule has 0 aliphatic rings. The van der Waals surface area contributed by atoms with E-state index in [0.717, 1.165) is 24.3 Å². The topological polar surface area (TPSA) is 34.2 Å². The first-order valence-corrected chi connectivity index (χ1v) is 7.72. The lowest BCUT2D eigenvalue weighted by molar-refractivity contribution is 0.401. The summed E-state index contributed by atoms with van der Waals surface area (Å²) in [5.41, 5.74) is 3.47. The number of aromatic nitrogens is 1. The fourth-order valence-corrected chi connectivity index (χ4v) is 2.77. The Hall–Kier alpha value is -1.09. The second-order valence-electron chi connectivity index (χ2n) is 5.95. The van der Waals surface area contributed by atoms with E-state index in [-0.39, 0.29) is 0 Å². The highest BCUT2D eigenvalue weighted by atomic mass is 16.5. The monoisotopic (exact) mass is 278 g/mol. The molecule has 1 heterocycles. The van der Waals surface area contributed by atoms with Crippen LogP contribution in [0.5, 0.6) is 5.75 Å². The molecule has 1 aromatic rings.